The number of aromatic nitrogens is 2. The molecule has 0 saturated carbocycles. The predicted octanol–water partition coefficient (Wildman–Crippen LogP) is 1.88. The minimum atomic E-state index is -0.320. The van der Waals surface area contributed by atoms with Gasteiger partial charge in [-0.25, -0.2) is 4.79 Å². The molecule has 30 heavy (non-hydrogen) atoms. The fraction of sp³-hybridized carbons (Fsp3) is 0.591. The number of carbonyl (C=O) groups is 2. The number of aryl methyl sites for hydroxylation is 2. The van der Waals surface area contributed by atoms with Crippen LogP contribution in [0.4, 0.5) is 4.79 Å². The van der Waals surface area contributed by atoms with Crippen molar-refractivity contribution < 1.29 is 9.59 Å². The molecule has 3 amide bonds. The van der Waals surface area contributed by atoms with Gasteiger partial charge in [0.1, 0.15) is 0 Å². The molecule has 0 spiro atoms. The first-order valence-corrected chi connectivity index (χ1v) is 11.0. The highest BCUT2D eigenvalue weighted by Crippen LogP contribution is 2.21. The summed E-state index contributed by atoms with van der Waals surface area (Å²) in [7, 11) is 0. The molecular weight excluding hydrogens is 380 g/mol. The van der Waals surface area contributed by atoms with Gasteiger partial charge in [-0.2, -0.15) is 5.10 Å². The molecular formula is C22H32N6O2. The highest BCUT2D eigenvalue weighted by Gasteiger charge is 2.28. The van der Waals surface area contributed by atoms with Crippen LogP contribution >= 0.6 is 0 Å². The molecule has 0 aliphatic carbocycles. The van der Waals surface area contributed by atoms with Crippen LogP contribution in [0, 0.1) is 6.92 Å². The zero-order valence-corrected chi connectivity index (χ0v) is 17.8. The van der Waals surface area contributed by atoms with Crippen LogP contribution in [0.3, 0.4) is 0 Å². The number of urea groups is 1. The summed E-state index contributed by atoms with van der Waals surface area (Å²) in [5.41, 5.74) is 8.86. The monoisotopic (exact) mass is 412 g/mol. The lowest BCUT2D eigenvalue weighted by molar-refractivity contribution is -0.132. The first-order chi connectivity index (χ1) is 14.5. The van der Waals surface area contributed by atoms with E-state index in [4.69, 9.17) is 5.73 Å². The Morgan fingerprint density at radius 1 is 1.10 bits per heavy atom. The topological polar surface area (TPSA) is 98.6 Å². The molecule has 0 radical (unpaired) electrons. The van der Waals surface area contributed by atoms with Crippen molar-refractivity contribution in [3.8, 4) is 0 Å². The molecule has 3 N–H and O–H groups in total. The molecule has 3 heterocycles. The van der Waals surface area contributed by atoms with Crippen LogP contribution in [0.2, 0.25) is 0 Å². The number of rotatable bonds is 4. The van der Waals surface area contributed by atoms with Crippen LogP contribution < -0.4 is 5.73 Å². The highest BCUT2D eigenvalue weighted by molar-refractivity contribution is 5.82. The Balaban J connectivity index is 1.25. The zero-order valence-electron chi connectivity index (χ0n) is 17.8. The zero-order chi connectivity index (χ0) is 21.1. The van der Waals surface area contributed by atoms with Gasteiger partial charge in [0, 0.05) is 57.1 Å². The van der Waals surface area contributed by atoms with Gasteiger partial charge in [0.15, 0.2) is 0 Å². The summed E-state index contributed by atoms with van der Waals surface area (Å²) in [6.07, 6.45) is 6.11. The lowest BCUT2D eigenvalue weighted by Crippen LogP contribution is -2.48. The van der Waals surface area contributed by atoms with E-state index < -0.39 is 0 Å². The van der Waals surface area contributed by atoms with Crippen LogP contribution in [-0.2, 0) is 11.2 Å². The number of hydrogen-bond donors (Lipinski definition) is 2. The van der Waals surface area contributed by atoms with Crippen molar-refractivity contribution in [1.29, 1.82) is 0 Å². The summed E-state index contributed by atoms with van der Waals surface area (Å²) in [5, 5.41) is 8.23. The van der Waals surface area contributed by atoms with E-state index >= 15 is 0 Å². The Hall–Kier alpha value is -2.61. The van der Waals surface area contributed by atoms with Crippen molar-refractivity contribution in [3.63, 3.8) is 0 Å². The number of hydrogen-bond acceptors (Lipinski definition) is 4. The number of primary amides is 1. The average molecular weight is 413 g/mol. The Kier molecular flexibility index (Phi) is 6.22. The van der Waals surface area contributed by atoms with Crippen LogP contribution in [0.15, 0.2) is 18.3 Å². The third-order valence-corrected chi connectivity index (χ3v) is 6.61. The summed E-state index contributed by atoms with van der Waals surface area (Å²) >= 11 is 0. The number of aromatic amines is 1. The average Bonchev–Trinajstić information content (AvgIpc) is 3.08. The highest BCUT2D eigenvalue weighted by atomic mass is 16.2. The first-order valence-electron chi connectivity index (χ1n) is 11.0. The maximum Gasteiger partial charge on any atom is 0.314 e. The van der Waals surface area contributed by atoms with E-state index in [0.717, 1.165) is 69.3 Å². The van der Waals surface area contributed by atoms with Crippen LogP contribution in [0.5, 0.6) is 0 Å². The molecule has 2 aliphatic heterocycles. The summed E-state index contributed by atoms with van der Waals surface area (Å²) in [4.78, 5) is 30.4. The van der Waals surface area contributed by atoms with Crippen LogP contribution in [0.25, 0.3) is 10.9 Å². The predicted molar refractivity (Wildman–Crippen MR) is 116 cm³/mol. The molecule has 162 valence electrons. The molecule has 8 heteroatoms. The number of likely N-dealkylation sites (tertiary alicyclic amines) is 1. The van der Waals surface area contributed by atoms with Gasteiger partial charge in [0.05, 0.1) is 11.7 Å². The van der Waals surface area contributed by atoms with E-state index in [2.05, 4.69) is 34.2 Å². The molecule has 2 aromatic rings. The Bertz CT molecular complexity index is 902. The maximum absolute atomic E-state index is 12.8. The van der Waals surface area contributed by atoms with E-state index in [1.165, 1.54) is 11.1 Å². The molecule has 0 unspecified atom stereocenters. The SMILES string of the molecule is Cc1cc(CCC(=O)N2CCC(N3CCCN(C(N)=O)CC3)CC2)cc2cn[nH]c12. The standard InChI is InChI=1S/C22H32N6O2/c1-16-13-17(14-18-15-24-25-21(16)18)3-4-20(29)27-9-5-19(6-10-27)26-7-2-8-28(12-11-26)22(23)30/h13-15,19H,2-12H2,1H3,(H2,23,30)(H,24,25). The second-order valence-electron chi connectivity index (χ2n) is 8.57. The molecule has 8 nitrogen and oxygen atoms in total. The molecule has 2 aliphatic rings. The van der Waals surface area contributed by atoms with Crippen molar-refractivity contribution in [3.05, 3.63) is 29.5 Å². The summed E-state index contributed by atoms with van der Waals surface area (Å²) in [5.74, 6) is 0.245. The Morgan fingerprint density at radius 3 is 2.67 bits per heavy atom. The summed E-state index contributed by atoms with van der Waals surface area (Å²) in [6.45, 7) is 7.03. The second-order valence-corrected chi connectivity index (χ2v) is 8.57. The molecule has 2 fully saturated rings. The van der Waals surface area contributed by atoms with Crippen LogP contribution in [-0.4, -0.2) is 82.1 Å². The number of H-pyrrole nitrogens is 1. The first kappa shape index (κ1) is 20.7. The molecule has 0 atom stereocenters. The Morgan fingerprint density at radius 2 is 1.90 bits per heavy atom. The van der Waals surface area contributed by atoms with E-state index in [-0.39, 0.29) is 11.9 Å². The van der Waals surface area contributed by atoms with Crippen molar-refractivity contribution in [2.24, 2.45) is 5.73 Å². The largest absolute Gasteiger partial charge is 0.351 e. The number of fused-ring (bicyclic) bond motifs is 1. The molecule has 2 saturated heterocycles. The van der Waals surface area contributed by atoms with Crippen LogP contribution in [0.1, 0.15) is 36.8 Å². The lowest BCUT2D eigenvalue weighted by atomic mass is 10.0. The normalized spacial score (nSPS) is 19.2. The number of benzene rings is 1. The van der Waals surface area contributed by atoms with Gasteiger partial charge in [-0.1, -0.05) is 6.07 Å². The number of nitrogens with zero attached hydrogens (tertiary/aromatic N) is 4. The number of nitrogens with one attached hydrogen (secondary N) is 1. The van der Waals surface area contributed by atoms with Crippen molar-refractivity contribution >= 4 is 22.8 Å². The van der Waals surface area contributed by atoms with E-state index in [1.54, 1.807) is 4.90 Å². The summed E-state index contributed by atoms with van der Waals surface area (Å²) in [6, 6.07) is 4.45. The molecule has 1 aromatic heterocycles. The van der Waals surface area contributed by atoms with Crippen molar-refractivity contribution in [2.45, 2.75) is 45.1 Å². The lowest BCUT2D eigenvalue weighted by Gasteiger charge is -2.38. The van der Waals surface area contributed by atoms with Gasteiger partial charge in [0.2, 0.25) is 5.91 Å². The fourth-order valence-electron chi connectivity index (χ4n) is 4.87. The van der Waals surface area contributed by atoms with E-state index in [0.29, 0.717) is 19.0 Å². The van der Waals surface area contributed by atoms with Gasteiger partial charge in [-0.15, -0.1) is 0 Å². The smallest absolute Gasteiger partial charge is 0.314 e. The minimum Gasteiger partial charge on any atom is -0.351 e. The third-order valence-electron chi connectivity index (χ3n) is 6.61. The number of nitrogens with two attached hydrogens (primary N) is 1. The van der Waals surface area contributed by atoms with Gasteiger partial charge in [-0.3, -0.25) is 14.8 Å². The van der Waals surface area contributed by atoms with Crippen molar-refractivity contribution in [1.82, 2.24) is 24.9 Å². The van der Waals surface area contributed by atoms with E-state index in [1.807, 2.05) is 11.1 Å². The third kappa shape index (κ3) is 4.59. The van der Waals surface area contributed by atoms with Gasteiger partial charge >= 0.3 is 6.03 Å². The number of carbonyl (C=O) groups excluding carboxylic acids is 2. The Labute approximate surface area is 177 Å². The fourth-order valence-corrected chi connectivity index (χ4v) is 4.87. The van der Waals surface area contributed by atoms with Crippen molar-refractivity contribution in [2.75, 3.05) is 39.3 Å². The van der Waals surface area contributed by atoms with Gasteiger partial charge in [0.25, 0.3) is 0 Å². The number of piperidine rings is 1. The quantitative estimate of drug-likeness (QED) is 0.801. The molecule has 0 bridgehead atoms. The second kappa shape index (κ2) is 9.04. The minimum absolute atomic E-state index is 0.245. The number of amides is 3. The van der Waals surface area contributed by atoms with Gasteiger partial charge < -0.3 is 15.5 Å². The maximum atomic E-state index is 12.8. The van der Waals surface area contributed by atoms with Gasteiger partial charge in [-0.05, 0) is 49.8 Å². The summed E-state index contributed by atoms with van der Waals surface area (Å²) < 4.78 is 0. The van der Waals surface area contributed by atoms with E-state index in [9.17, 15) is 9.59 Å². The molecule has 4 rings (SSSR count). The molecule has 1 aromatic carbocycles.